The Labute approximate surface area is 122 Å². The van der Waals surface area contributed by atoms with Crippen molar-refractivity contribution >= 4 is 0 Å². The summed E-state index contributed by atoms with van der Waals surface area (Å²) >= 11 is 0. The molecular weight excluding hydrogens is 250 g/mol. The molecule has 1 fully saturated rings. The van der Waals surface area contributed by atoms with Gasteiger partial charge < -0.3 is 15.4 Å². The van der Waals surface area contributed by atoms with Crippen LogP contribution >= 0.6 is 0 Å². The van der Waals surface area contributed by atoms with Crippen LogP contribution < -0.4 is 10.5 Å². The van der Waals surface area contributed by atoms with Gasteiger partial charge in [0.1, 0.15) is 5.75 Å². The quantitative estimate of drug-likeness (QED) is 0.890. The Bertz CT molecular complexity index is 414. The molecule has 0 saturated carbocycles. The Morgan fingerprint density at radius 1 is 1.30 bits per heavy atom. The number of hydrogen-bond donors (Lipinski definition) is 1. The molecule has 1 aromatic carbocycles. The molecule has 0 aliphatic carbocycles. The van der Waals surface area contributed by atoms with E-state index in [1.54, 1.807) is 7.11 Å². The van der Waals surface area contributed by atoms with Crippen LogP contribution in [0.5, 0.6) is 5.75 Å². The Morgan fingerprint density at radius 2 is 1.95 bits per heavy atom. The van der Waals surface area contributed by atoms with Crippen molar-refractivity contribution in [3.8, 4) is 5.75 Å². The van der Waals surface area contributed by atoms with Crippen LogP contribution in [0.4, 0.5) is 0 Å². The second-order valence-corrected chi connectivity index (χ2v) is 5.72. The van der Waals surface area contributed by atoms with E-state index in [1.807, 2.05) is 12.1 Å². The fourth-order valence-corrected chi connectivity index (χ4v) is 3.13. The normalized spacial score (nSPS) is 19.2. The minimum absolute atomic E-state index is 0.259. The second kappa shape index (κ2) is 7.07. The van der Waals surface area contributed by atoms with E-state index in [9.17, 15) is 0 Å². The van der Waals surface area contributed by atoms with Gasteiger partial charge in [-0.2, -0.15) is 0 Å². The van der Waals surface area contributed by atoms with Crippen LogP contribution in [0.15, 0.2) is 24.3 Å². The molecule has 1 aliphatic rings. The second-order valence-electron chi connectivity index (χ2n) is 5.72. The molecule has 2 N–H and O–H groups in total. The van der Waals surface area contributed by atoms with Crippen molar-refractivity contribution in [2.24, 2.45) is 5.73 Å². The lowest BCUT2D eigenvalue weighted by Gasteiger charge is -2.39. The summed E-state index contributed by atoms with van der Waals surface area (Å²) in [7, 11) is 6.06. The van der Waals surface area contributed by atoms with Crippen molar-refractivity contribution in [3.05, 3.63) is 29.8 Å². The Kier molecular flexibility index (Phi) is 5.40. The maximum absolute atomic E-state index is 6.05. The van der Waals surface area contributed by atoms with Gasteiger partial charge in [0.15, 0.2) is 0 Å². The average Bonchev–Trinajstić information content (AvgIpc) is 2.49. The molecular formula is C16H27N3O. The zero-order valence-electron chi connectivity index (χ0n) is 12.9. The van der Waals surface area contributed by atoms with Crippen LogP contribution in [0, 0.1) is 0 Å². The number of piperidine rings is 1. The Morgan fingerprint density at radius 3 is 2.50 bits per heavy atom. The largest absolute Gasteiger partial charge is 0.496 e. The summed E-state index contributed by atoms with van der Waals surface area (Å²) < 4.78 is 5.49. The molecule has 1 atom stereocenters. The van der Waals surface area contributed by atoms with Gasteiger partial charge in [-0.05, 0) is 33.0 Å². The molecule has 1 aromatic rings. The summed E-state index contributed by atoms with van der Waals surface area (Å²) in [6.45, 7) is 2.83. The van der Waals surface area contributed by atoms with E-state index in [1.165, 1.54) is 18.4 Å². The average molecular weight is 277 g/mol. The molecule has 1 saturated heterocycles. The van der Waals surface area contributed by atoms with Crippen LogP contribution in [-0.4, -0.2) is 56.7 Å². The summed E-state index contributed by atoms with van der Waals surface area (Å²) in [6.07, 6.45) is 2.41. The zero-order valence-corrected chi connectivity index (χ0v) is 12.9. The number of para-hydroxylation sites is 1. The highest BCUT2D eigenvalue weighted by Crippen LogP contribution is 2.30. The third kappa shape index (κ3) is 3.32. The number of likely N-dealkylation sites (tertiary alicyclic amines) is 1. The van der Waals surface area contributed by atoms with Gasteiger partial charge in [-0.3, -0.25) is 4.90 Å². The fourth-order valence-electron chi connectivity index (χ4n) is 3.13. The highest BCUT2D eigenvalue weighted by atomic mass is 16.5. The first-order valence-corrected chi connectivity index (χ1v) is 7.40. The number of ether oxygens (including phenoxy) is 1. The fraction of sp³-hybridized carbons (Fsp3) is 0.625. The van der Waals surface area contributed by atoms with E-state index in [-0.39, 0.29) is 6.04 Å². The van der Waals surface area contributed by atoms with Gasteiger partial charge in [-0.1, -0.05) is 18.2 Å². The Hall–Kier alpha value is -1.10. The van der Waals surface area contributed by atoms with Gasteiger partial charge in [0, 0.05) is 31.2 Å². The minimum Gasteiger partial charge on any atom is -0.496 e. The minimum atomic E-state index is 0.259. The lowest BCUT2D eigenvalue weighted by molar-refractivity contribution is 0.109. The molecule has 0 amide bonds. The van der Waals surface area contributed by atoms with Crippen molar-refractivity contribution < 1.29 is 4.74 Å². The van der Waals surface area contributed by atoms with E-state index < -0.39 is 0 Å². The molecule has 2 rings (SSSR count). The number of rotatable bonds is 5. The molecule has 20 heavy (non-hydrogen) atoms. The van der Waals surface area contributed by atoms with Gasteiger partial charge in [0.2, 0.25) is 0 Å². The molecule has 0 spiro atoms. The lowest BCUT2D eigenvalue weighted by atomic mass is 9.98. The molecule has 1 heterocycles. The van der Waals surface area contributed by atoms with Gasteiger partial charge in [-0.25, -0.2) is 0 Å². The number of methoxy groups -OCH3 is 1. The molecule has 4 heteroatoms. The molecule has 1 aliphatic heterocycles. The van der Waals surface area contributed by atoms with Crippen molar-refractivity contribution in [2.75, 3.05) is 40.8 Å². The summed E-state index contributed by atoms with van der Waals surface area (Å²) in [6, 6.07) is 9.18. The lowest BCUT2D eigenvalue weighted by Crippen LogP contribution is -2.45. The van der Waals surface area contributed by atoms with Crippen LogP contribution in [0.1, 0.15) is 24.4 Å². The predicted octanol–water partition coefficient (Wildman–Crippen LogP) is 1.72. The summed E-state index contributed by atoms with van der Waals surface area (Å²) in [4.78, 5) is 4.83. The van der Waals surface area contributed by atoms with Gasteiger partial charge in [0.05, 0.1) is 13.2 Å². The van der Waals surface area contributed by atoms with Crippen molar-refractivity contribution in [2.45, 2.75) is 24.9 Å². The molecule has 0 aromatic heterocycles. The van der Waals surface area contributed by atoms with Crippen LogP contribution in [-0.2, 0) is 0 Å². The number of hydrogen-bond acceptors (Lipinski definition) is 4. The summed E-state index contributed by atoms with van der Waals surface area (Å²) in [5.41, 5.74) is 7.26. The van der Waals surface area contributed by atoms with Crippen molar-refractivity contribution in [1.29, 1.82) is 0 Å². The molecule has 1 unspecified atom stereocenters. The van der Waals surface area contributed by atoms with Crippen molar-refractivity contribution in [1.82, 2.24) is 9.80 Å². The van der Waals surface area contributed by atoms with Crippen LogP contribution in [0.3, 0.4) is 0 Å². The smallest absolute Gasteiger partial charge is 0.123 e. The van der Waals surface area contributed by atoms with Gasteiger partial charge >= 0.3 is 0 Å². The van der Waals surface area contributed by atoms with Crippen LogP contribution in [0.2, 0.25) is 0 Å². The highest BCUT2D eigenvalue weighted by Gasteiger charge is 2.27. The van der Waals surface area contributed by atoms with E-state index in [4.69, 9.17) is 10.5 Å². The van der Waals surface area contributed by atoms with E-state index in [0.717, 1.165) is 18.8 Å². The van der Waals surface area contributed by atoms with E-state index >= 15 is 0 Å². The molecule has 4 nitrogen and oxygen atoms in total. The van der Waals surface area contributed by atoms with Gasteiger partial charge in [-0.15, -0.1) is 0 Å². The monoisotopic (exact) mass is 277 g/mol. The maximum Gasteiger partial charge on any atom is 0.123 e. The molecule has 112 valence electrons. The number of benzene rings is 1. The van der Waals surface area contributed by atoms with E-state index in [0.29, 0.717) is 12.6 Å². The summed E-state index contributed by atoms with van der Waals surface area (Å²) in [5, 5.41) is 0. The number of nitrogens with two attached hydrogens (primary N) is 1. The van der Waals surface area contributed by atoms with Gasteiger partial charge in [0.25, 0.3) is 0 Å². The summed E-state index contributed by atoms with van der Waals surface area (Å²) in [5.74, 6) is 0.942. The first-order chi connectivity index (χ1) is 9.67. The standard InChI is InChI=1S/C16H27N3O/c1-18(2)13-8-10-19(11-9-13)15(12-17)14-6-4-5-7-16(14)20-3/h4-7,13,15H,8-12,17H2,1-3H3. The number of nitrogens with zero attached hydrogens (tertiary/aromatic N) is 2. The predicted molar refractivity (Wildman–Crippen MR) is 83.1 cm³/mol. The third-order valence-corrected chi connectivity index (χ3v) is 4.39. The van der Waals surface area contributed by atoms with Crippen LogP contribution in [0.25, 0.3) is 0 Å². The molecule has 0 radical (unpaired) electrons. The highest BCUT2D eigenvalue weighted by molar-refractivity contribution is 5.36. The topological polar surface area (TPSA) is 41.7 Å². The SMILES string of the molecule is COc1ccccc1C(CN)N1CCC(N(C)C)CC1. The first kappa shape index (κ1) is 15.3. The zero-order chi connectivity index (χ0) is 14.5. The maximum atomic E-state index is 6.05. The third-order valence-electron chi connectivity index (χ3n) is 4.39. The van der Waals surface area contributed by atoms with Crippen molar-refractivity contribution in [3.63, 3.8) is 0 Å². The van der Waals surface area contributed by atoms with E-state index in [2.05, 4.69) is 36.0 Å². The Balaban J connectivity index is 2.09. The first-order valence-electron chi connectivity index (χ1n) is 7.40. The molecule has 0 bridgehead atoms.